The van der Waals surface area contributed by atoms with E-state index in [0.29, 0.717) is 17.3 Å². The molecule has 0 saturated carbocycles. The summed E-state index contributed by atoms with van der Waals surface area (Å²) in [5, 5.41) is 10.3. The molecular formula is C23H15FN2O7S2. The van der Waals surface area contributed by atoms with Gasteiger partial charge in [-0.25, -0.2) is 4.39 Å². The van der Waals surface area contributed by atoms with Gasteiger partial charge in [-0.1, -0.05) is 30.3 Å². The Morgan fingerprint density at radius 3 is 2.31 bits per heavy atom. The molecule has 1 saturated heterocycles. The summed E-state index contributed by atoms with van der Waals surface area (Å²) >= 11 is 0.682. The summed E-state index contributed by atoms with van der Waals surface area (Å²) in [6.45, 7) is -0.0467. The van der Waals surface area contributed by atoms with Gasteiger partial charge in [0.25, 0.3) is 16.8 Å². The van der Waals surface area contributed by atoms with Crippen molar-refractivity contribution in [1.82, 2.24) is 4.90 Å². The Labute approximate surface area is 203 Å². The molecule has 2 amide bonds. The van der Waals surface area contributed by atoms with E-state index in [-0.39, 0.29) is 33.3 Å². The van der Waals surface area contributed by atoms with E-state index in [0.717, 1.165) is 29.2 Å². The largest absolute Gasteiger partial charge is 0.378 e. The lowest BCUT2D eigenvalue weighted by Crippen LogP contribution is -2.27. The van der Waals surface area contributed by atoms with Crippen LogP contribution in [0.1, 0.15) is 11.1 Å². The van der Waals surface area contributed by atoms with Crippen LogP contribution in [0.5, 0.6) is 5.75 Å². The Bertz CT molecular complexity index is 1450. The Balaban J connectivity index is 1.57. The van der Waals surface area contributed by atoms with Gasteiger partial charge >= 0.3 is 10.1 Å². The van der Waals surface area contributed by atoms with Gasteiger partial charge < -0.3 is 4.18 Å². The van der Waals surface area contributed by atoms with E-state index in [4.69, 9.17) is 4.18 Å². The number of hydrogen-bond donors (Lipinski definition) is 0. The molecule has 1 aliphatic heterocycles. The van der Waals surface area contributed by atoms with Crippen molar-refractivity contribution in [1.29, 1.82) is 0 Å². The van der Waals surface area contributed by atoms with Crippen LogP contribution in [0.25, 0.3) is 6.08 Å². The second-order valence-electron chi connectivity index (χ2n) is 7.22. The first kappa shape index (κ1) is 24.1. The lowest BCUT2D eigenvalue weighted by Gasteiger charge is -2.12. The topological polar surface area (TPSA) is 124 Å². The Morgan fingerprint density at radius 1 is 1.00 bits per heavy atom. The maximum atomic E-state index is 13.1. The second kappa shape index (κ2) is 9.68. The lowest BCUT2D eigenvalue weighted by atomic mass is 10.2. The van der Waals surface area contributed by atoms with E-state index in [9.17, 15) is 32.5 Å². The molecule has 1 aliphatic rings. The van der Waals surface area contributed by atoms with Crippen LogP contribution in [0.15, 0.2) is 82.6 Å². The number of benzene rings is 3. The van der Waals surface area contributed by atoms with Crippen molar-refractivity contribution in [3.8, 4) is 5.75 Å². The molecule has 9 nitrogen and oxygen atoms in total. The molecule has 178 valence electrons. The van der Waals surface area contributed by atoms with E-state index in [1.165, 1.54) is 48.5 Å². The molecule has 0 bridgehead atoms. The number of nitrogens with zero attached hydrogens (tertiary/aromatic N) is 2. The van der Waals surface area contributed by atoms with Crippen LogP contribution in [0.4, 0.5) is 14.9 Å². The smallest absolute Gasteiger partial charge is 0.339 e. The molecule has 4 rings (SSSR count). The van der Waals surface area contributed by atoms with Gasteiger partial charge in [-0.15, -0.1) is 0 Å². The number of thioether (sulfide) groups is 1. The minimum Gasteiger partial charge on any atom is -0.378 e. The molecule has 12 heteroatoms. The van der Waals surface area contributed by atoms with E-state index in [2.05, 4.69) is 0 Å². The number of hydrogen-bond acceptors (Lipinski definition) is 8. The van der Waals surface area contributed by atoms with Gasteiger partial charge in [-0.3, -0.25) is 24.6 Å². The molecule has 0 N–H and O–H groups in total. The Morgan fingerprint density at radius 2 is 1.66 bits per heavy atom. The van der Waals surface area contributed by atoms with E-state index >= 15 is 0 Å². The van der Waals surface area contributed by atoms with Crippen LogP contribution < -0.4 is 4.18 Å². The van der Waals surface area contributed by atoms with Gasteiger partial charge in [0.05, 0.1) is 16.4 Å². The molecule has 1 fully saturated rings. The molecular weight excluding hydrogens is 499 g/mol. The standard InChI is InChI=1S/C23H15FN2O7S2/c24-17-7-5-15(6-8-17)14-25-22(27)21(34-23(25)28)13-16-3-1-2-4-20(16)33-35(31,32)19-11-9-18(10-12-19)26(29)30/h1-13H,14H2/b21-13-. The fraction of sp³-hybridized carbons (Fsp3) is 0.0435. The number of imide groups is 1. The molecule has 0 aromatic heterocycles. The summed E-state index contributed by atoms with van der Waals surface area (Å²) in [7, 11) is -4.34. The third-order valence-electron chi connectivity index (χ3n) is 4.87. The number of nitro benzene ring substituents is 1. The Hall–Kier alpha value is -4.03. The average Bonchev–Trinajstić information content (AvgIpc) is 3.09. The van der Waals surface area contributed by atoms with Crippen molar-refractivity contribution < 1.29 is 31.5 Å². The molecule has 0 aliphatic carbocycles. The monoisotopic (exact) mass is 514 g/mol. The summed E-state index contributed by atoms with van der Waals surface area (Å²) in [6, 6.07) is 15.6. The minimum absolute atomic E-state index is 0.0467. The van der Waals surface area contributed by atoms with E-state index < -0.39 is 32.0 Å². The van der Waals surface area contributed by atoms with Crippen molar-refractivity contribution in [3.05, 3.63) is 105 Å². The second-order valence-corrected chi connectivity index (χ2v) is 9.76. The first-order valence-electron chi connectivity index (χ1n) is 9.92. The van der Waals surface area contributed by atoms with Crippen molar-refractivity contribution in [2.75, 3.05) is 0 Å². The van der Waals surface area contributed by atoms with Gasteiger partial charge in [0.1, 0.15) is 16.5 Å². The number of carbonyl (C=O) groups is 2. The minimum atomic E-state index is -4.34. The molecule has 0 atom stereocenters. The van der Waals surface area contributed by atoms with E-state index in [1.54, 1.807) is 6.07 Å². The van der Waals surface area contributed by atoms with Gasteiger partial charge in [0.2, 0.25) is 0 Å². The SMILES string of the molecule is O=C1S/C(=C\c2ccccc2OS(=O)(=O)c2ccc([N+](=O)[O-])cc2)C(=O)N1Cc1ccc(F)cc1. The fourth-order valence-corrected chi connectivity index (χ4v) is 4.91. The average molecular weight is 515 g/mol. The highest BCUT2D eigenvalue weighted by Gasteiger charge is 2.35. The maximum Gasteiger partial charge on any atom is 0.339 e. The van der Waals surface area contributed by atoms with Gasteiger partial charge in [-0.05, 0) is 53.7 Å². The van der Waals surface area contributed by atoms with Crippen molar-refractivity contribution >= 4 is 44.8 Å². The zero-order valence-electron chi connectivity index (χ0n) is 17.7. The lowest BCUT2D eigenvalue weighted by molar-refractivity contribution is -0.384. The summed E-state index contributed by atoms with van der Waals surface area (Å²) in [5.41, 5.74) is 0.513. The number of halogens is 1. The van der Waals surface area contributed by atoms with Crippen LogP contribution in [0.3, 0.4) is 0 Å². The number of amides is 2. The van der Waals surface area contributed by atoms with Gasteiger partial charge in [0.15, 0.2) is 0 Å². The summed E-state index contributed by atoms with van der Waals surface area (Å²) in [4.78, 5) is 36.1. The van der Waals surface area contributed by atoms with Crippen molar-refractivity contribution in [3.63, 3.8) is 0 Å². The van der Waals surface area contributed by atoms with Crippen LogP contribution in [0.2, 0.25) is 0 Å². The highest BCUT2D eigenvalue weighted by atomic mass is 32.2. The predicted molar refractivity (Wildman–Crippen MR) is 125 cm³/mol. The first-order valence-corrected chi connectivity index (χ1v) is 12.1. The number of rotatable bonds is 7. The van der Waals surface area contributed by atoms with Crippen LogP contribution in [-0.4, -0.2) is 29.4 Å². The highest BCUT2D eigenvalue weighted by molar-refractivity contribution is 8.18. The molecule has 0 unspecified atom stereocenters. The number of carbonyl (C=O) groups excluding carboxylic acids is 2. The fourth-order valence-electron chi connectivity index (χ4n) is 3.13. The van der Waals surface area contributed by atoms with Crippen LogP contribution >= 0.6 is 11.8 Å². The molecule has 0 spiro atoms. The third kappa shape index (κ3) is 5.39. The number of nitro groups is 1. The molecule has 0 radical (unpaired) electrons. The zero-order valence-corrected chi connectivity index (χ0v) is 19.3. The molecule has 1 heterocycles. The molecule has 35 heavy (non-hydrogen) atoms. The highest BCUT2D eigenvalue weighted by Crippen LogP contribution is 2.35. The normalized spacial score (nSPS) is 15.0. The zero-order chi connectivity index (χ0) is 25.2. The predicted octanol–water partition coefficient (Wildman–Crippen LogP) is 4.74. The number of non-ortho nitro benzene ring substituents is 1. The molecule has 3 aromatic carbocycles. The van der Waals surface area contributed by atoms with Crippen LogP contribution in [0, 0.1) is 15.9 Å². The van der Waals surface area contributed by atoms with Crippen molar-refractivity contribution in [2.24, 2.45) is 0 Å². The quantitative estimate of drug-likeness (QED) is 0.192. The summed E-state index contributed by atoms with van der Waals surface area (Å²) < 4.78 is 43.7. The van der Waals surface area contributed by atoms with E-state index in [1.807, 2.05) is 0 Å². The summed E-state index contributed by atoms with van der Waals surface area (Å²) in [6.07, 6.45) is 1.34. The third-order valence-corrected chi connectivity index (χ3v) is 7.02. The van der Waals surface area contributed by atoms with Gasteiger partial charge in [0, 0.05) is 17.7 Å². The maximum absolute atomic E-state index is 13.1. The van der Waals surface area contributed by atoms with Gasteiger partial charge in [-0.2, -0.15) is 8.42 Å². The molecule has 3 aromatic rings. The Kier molecular flexibility index (Phi) is 6.67. The first-order chi connectivity index (χ1) is 16.6. The van der Waals surface area contributed by atoms with Crippen molar-refractivity contribution in [2.45, 2.75) is 11.4 Å². The van der Waals surface area contributed by atoms with Crippen LogP contribution in [-0.2, 0) is 21.5 Å². The number of para-hydroxylation sites is 1. The summed E-state index contributed by atoms with van der Waals surface area (Å²) in [5.74, 6) is -1.13.